The van der Waals surface area contributed by atoms with Gasteiger partial charge in [0, 0.05) is 6.08 Å². The van der Waals surface area contributed by atoms with Crippen LogP contribution in [0.2, 0.25) is 0 Å². The summed E-state index contributed by atoms with van der Waals surface area (Å²) in [6, 6.07) is 12.4. The Morgan fingerprint density at radius 3 is 2.25 bits per heavy atom. The third-order valence-corrected chi connectivity index (χ3v) is 4.76. The molecular formula is C25H31NO6. The first-order chi connectivity index (χ1) is 14.9. The summed E-state index contributed by atoms with van der Waals surface area (Å²) in [5, 5.41) is 10.5. The van der Waals surface area contributed by atoms with Gasteiger partial charge in [-0.2, -0.15) is 0 Å². The number of nitrogens with zero attached hydrogens (tertiary/aromatic N) is 1. The van der Waals surface area contributed by atoms with Gasteiger partial charge < -0.3 is 14.2 Å². The molecule has 0 amide bonds. The fourth-order valence-electron chi connectivity index (χ4n) is 3.74. The van der Waals surface area contributed by atoms with Gasteiger partial charge in [0.25, 0.3) is 0 Å². The topological polar surface area (TPSA) is 87.9 Å². The molecule has 0 saturated heterocycles. The maximum absolute atomic E-state index is 12.2. The van der Waals surface area contributed by atoms with Crippen LogP contribution in [-0.2, 0) is 10.2 Å². The number of ether oxygens (including phenoxy) is 3. The molecule has 0 spiro atoms. The predicted octanol–water partition coefficient (Wildman–Crippen LogP) is 5.64. The third kappa shape index (κ3) is 7.72. The molecule has 0 bridgehead atoms. The summed E-state index contributed by atoms with van der Waals surface area (Å²) in [5.74, 6) is 0.478. The molecule has 0 unspecified atom stereocenters. The van der Waals surface area contributed by atoms with Crippen LogP contribution in [0.3, 0.4) is 0 Å². The zero-order valence-electron chi connectivity index (χ0n) is 19.5. The predicted molar refractivity (Wildman–Crippen MR) is 124 cm³/mol. The average Bonchev–Trinajstić information content (AvgIpc) is 2.70. The van der Waals surface area contributed by atoms with Crippen molar-refractivity contribution in [2.45, 2.75) is 46.5 Å². The first-order valence-electron chi connectivity index (χ1n) is 10.3. The Labute approximate surface area is 189 Å². The van der Waals surface area contributed by atoms with E-state index in [9.17, 15) is 14.9 Å². The van der Waals surface area contributed by atoms with Crippen molar-refractivity contribution in [2.75, 3.05) is 13.7 Å². The summed E-state index contributed by atoms with van der Waals surface area (Å²) >= 11 is 0. The Kier molecular flexibility index (Phi) is 8.02. The number of esters is 1. The Balaban J connectivity index is 1.97. The van der Waals surface area contributed by atoms with Gasteiger partial charge in [-0.05, 0) is 52.6 Å². The van der Waals surface area contributed by atoms with Crippen molar-refractivity contribution in [2.24, 2.45) is 5.41 Å². The number of nitro groups is 1. The van der Waals surface area contributed by atoms with Crippen LogP contribution in [0.25, 0.3) is 6.08 Å². The van der Waals surface area contributed by atoms with Gasteiger partial charge in [0.05, 0.1) is 12.0 Å². The maximum atomic E-state index is 12.2. The van der Waals surface area contributed by atoms with E-state index in [2.05, 4.69) is 34.6 Å². The molecule has 0 aliphatic rings. The summed E-state index contributed by atoms with van der Waals surface area (Å²) in [6.45, 7) is 10.8. The van der Waals surface area contributed by atoms with Gasteiger partial charge in [-0.3, -0.25) is 10.1 Å². The second-order valence-corrected chi connectivity index (χ2v) is 9.42. The van der Waals surface area contributed by atoms with Gasteiger partial charge in [-0.1, -0.05) is 52.8 Å². The molecule has 0 aromatic heterocycles. The lowest BCUT2D eigenvalue weighted by atomic mass is 9.72. The lowest BCUT2D eigenvalue weighted by Crippen LogP contribution is -2.24. The highest BCUT2D eigenvalue weighted by Gasteiger charge is 2.27. The van der Waals surface area contributed by atoms with Gasteiger partial charge >= 0.3 is 5.97 Å². The van der Waals surface area contributed by atoms with Crippen molar-refractivity contribution in [3.63, 3.8) is 0 Å². The summed E-state index contributed by atoms with van der Waals surface area (Å²) in [5.41, 5.74) is 1.99. The first-order valence-corrected chi connectivity index (χ1v) is 10.3. The fraction of sp³-hybridized carbons (Fsp3) is 0.400. The molecule has 7 nitrogen and oxygen atoms in total. The zero-order chi connectivity index (χ0) is 23.9. The highest BCUT2D eigenvalue weighted by Crippen LogP contribution is 2.36. The molecule has 2 aromatic rings. The molecule has 0 fully saturated rings. The van der Waals surface area contributed by atoms with E-state index in [0.717, 1.165) is 12.6 Å². The molecule has 0 atom stereocenters. The lowest BCUT2D eigenvalue weighted by molar-refractivity contribution is -0.400. The molecule has 0 N–H and O–H groups in total. The minimum atomic E-state index is -0.589. The molecule has 2 rings (SSSR count). The smallest absolute Gasteiger partial charge is 0.349 e. The summed E-state index contributed by atoms with van der Waals surface area (Å²) in [7, 11) is 1.42. The van der Waals surface area contributed by atoms with Crippen molar-refractivity contribution in [3.8, 4) is 17.2 Å². The van der Waals surface area contributed by atoms with E-state index in [1.165, 1.54) is 24.8 Å². The number of hydrogen-bond acceptors (Lipinski definition) is 6. The van der Waals surface area contributed by atoms with Crippen LogP contribution in [0.4, 0.5) is 0 Å². The highest BCUT2D eigenvalue weighted by atomic mass is 16.6. The maximum Gasteiger partial charge on any atom is 0.349 e. The molecule has 32 heavy (non-hydrogen) atoms. The van der Waals surface area contributed by atoms with Crippen molar-refractivity contribution in [3.05, 3.63) is 69.9 Å². The number of carbonyl (C=O) groups is 1. The van der Waals surface area contributed by atoms with E-state index in [0.29, 0.717) is 11.3 Å². The van der Waals surface area contributed by atoms with Crippen LogP contribution >= 0.6 is 0 Å². The van der Waals surface area contributed by atoms with Crippen LogP contribution in [0.1, 0.15) is 52.2 Å². The highest BCUT2D eigenvalue weighted by molar-refractivity contribution is 5.75. The second-order valence-electron chi connectivity index (χ2n) is 9.42. The van der Waals surface area contributed by atoms with Crippen molar-refractivity contribution >= 4 is 12.0 Å². The first kappa shape index (κ1) is 24.9. The molecule has 0 aliphatic carbocycles. The summed E-state index contributed by atoms with van der Waals surface area (Å²) in [6.07, 6.45) is 3.18. The number of carbonyl (C=O) groups excluding carboxylic acids is 1. The Morgan fingerprint density at radius 2 is 1.69 bits per heavy atom. The number of rotatable bonds is 9. The molecule has 0 saturated carbocycles. The van der Waals surface area contributed by atoms with Gasteiger partial charge in [-0.15, -0.1) is 0 Å². The van der Waals surface area contributed by atoms with Crippen molar-refractivity contribution in [1.82, 2.24) is 0 Å². The van der Waals surface area contributed by atoms with Crippen LogP contribution in [0, 0.1) is 15.5 Å². The van der Waals surface area contributed by atoms with E-state index >= 15 is 0 Å². The minimum absolute atomic E-state index is 0.0211. The number of methoxy groups -OCH3 is 1. The Bertz CT molecular complexity index is 971. The quantitative estimate of drug-likeness (QED) is 0.217. The fourth-order valence-corrected chi connectivity index (χ4v) is 3.74. The van der Waals surface area contributed by atoms with E-state index in [1.54, 1.807) is 12.1 Å². The van der Waals surface area contributed by atoms with E-state index in [-0.39, 0.29) is 28.9 Å². The van der Waals surface area contributed by atoms with Crippen molar-refractivity contribution in [1.29, 1.82) is 0 Å². The van der Waals surface area contributed by atoms with Crippen LogP contribution in [0.5, 0.6) is 17.2 Å². The monoisotopic (exact) mass is 441 g/mol. The zero-order valence-corrected chi connectivity index (χ0v) is 19.5. The molecule has 0 heterocycles. The van der Waals surface area contributed by atoms with E-state index in [4.69, 9.17) is 14.2 Å². The molecule has 0 radical (unpaired) electrons. The lowest BCUT2D eigenvalue weighted by Gasteiger charge is -2.33. The van der Waals surface area contributed by atoms with Crippen LogP contribution in [-0.4, -0.2) is 24.6 Å². The molecule has 2 aromatic carbocycles. The van der Waals surface area contributed by atoms with Gasteiger partial charge in [0.15, 0.2) is 18.1 Å². The van der Waals surface area contributed by atoms with E-state index < -0.39 is 10.9 Å². The molecule has 172 valence electrons. The van der Waals surface area contributed by atoms with Crippen molar-refractivity contribution < 1.29 is 23.9 Å². The number of hydrogen-bond donors (Lipinski definition) is 0. The SMILES string of the molecule is COc1cc(C=C[N+](=O)[O-])ccc1OC(=O)COc1ccc(C(C)(C)CC(C)(C)C)cc1. The van der Waals surface area contributed by atoms with E-state index in [1.807, 2.05) is 24.3 Å². The molecular weight excluding hydrogens is 410 g/mol. The third-order valence-electron chi connectivity index (χ3n) is 4.76. The second kappa shape index (κ2) is 10.3. The Hall–Kier alpha value is -3.35. The Morgan fingerprint density at radius 1 is 1.03 bits per heavy atom. The van der Waals surface area contributed by atoms with Crippen LogP contribution < -0.4 is 14.2 Å². The minimum Gasteiger partial charge on any atom is -0.493 e. The van der Waals surface area contributed by atoms with Crippen LogP contribution in [0.15, 0.2) is 48.7 Å². The number of benzene rings is 2. The average molecular weight is 442 g/mol. The molecule has 0 aliphatic heterocycles. The summed E-state index contributed by atoms with van der Waals surface area (Å²) < 4.78 is 16.1. The largest absolute Gasteiger partial charge is 0.493 e. The van der Waals surface area contributed by atoms with Gasteiger partial charge in [-0.25, -0.2) is 4.79 Å². The standard InChI is InChI=1S/C25H31NO6/c1-24(2,3)17-25(4,5)19-8-10-20(11-9-19)31-16-23(27)32-21-12-7-18(13-14-26(28)29)15-22(21)30-6/h7-15H,16-17H2,1-6H3. The summed E-state index contributed by atoms with van der Waals surface area (Å²) in [4.78, 5) is 22.1. The molecule has 7 heteroatoms. The van der Waals surface area contributed by atoms with Gasteiger partial charge in [0.2, 0.25) is 6.20 Å². The van der Waals surface area contributed by atoms with Gasteiger partial charge in [0.1, 0.15) is 5.75 Å². The normalized spacial score (nSPS) is 11.9.